The van der Waals surface area contributed by atoms with Crippen molar-refractivity contribution in [2.75, 3.05) is 19.0 Å². The molecule has 2 aliphatic rings. The Kier molecular flexibility index (Phi) is 4.44. The van der Waals surface area contributed by atoms with Crippen molar-refractivity contribution >= 4 is 29.2 Å². The summed E-state index contributed by atoms with van der Waals surface area (Å²) in [5, 5.41) is 3.27. The Bertz CT molecular complexity index is 1250. The molecule has 1 atom stereocenters. The van der Waals surface area contributed by atoms with Crippen LogP contribution in [-0.2, 0) is 10.3 Å². The van der Waals surface area contributed by atoms with Crippen molar-refractivity contribution in [3.05, 3.63) is 76.6 Å². The van der Waals surface area contributed by atoms with Crippen LogP contribution in [-0.4, -0.2) is 30.6 Å². The molecular weight excluding hydrogens is 420 g/mol. The topological polar surface area (TPSA) is 108 Å². The van der Waals surface area contributed by atoms with E-state index in [2.05, 4.69) is 15.3 Å². The van der Waals surface area contributed by atoms with E-state index in [-0.39, 0.29) is 24.2 Å². The van der Waals surface area contributed by atoms with E-state index < -0.39 is 5.54 Å². The van der Waals surface area contributed by atoms with Crippen LogP contribution in [0.2, 0.25) is 5.02 Å². The molecule has 1 amide bonds. The maximum absolute atomic E-state index is 12.6. The predicted octanol–water partition coefficient (Wildman–Crippen LogP) is 3.69. The van der Waals surface area contributed by atoms with E-state index in [9.17, 15) is 4.79 Å². The molecule has 2 aromatic carbocycles. The summed E-state index contributed by atoms with van der Waals surface area (Å²) in [6, 6.07) is 14.0. The van der Waals surface area contributed by atoms with E-state index in [0.29, 0.717) is 33.5 Å². The number of rotatable bonds is 3. The highest BCUT2D eigenvalue weighted by Gasteiger charge is 2.47. The number of nitrogens with zero attached hydrogens (tertiary/aromatic N) is 2. The minimum Gasteiger partial charge on any atom is -0.497 e. The van der Waals surface area contributed by atoms with Gasteiger partial charge in [0.25, 0.3) is 11.9 Å². The van der Waals surface area contributed by atoms with Gasteiger partial charge in [0, 0.05) is 28.0 Å². The zero-order valence-electron chi connectivity index (χ0n) is 16.4. The fourth-order valence-electron chi connectivity index (χ4n) is 3.76. The molecule has 1 spiro atoms. The summed E-state index contributed by atoms with van der Waals surface area (Å²) in [6.45, 7) is 0.197. The number of halogens is 1. The molecule has 3 heterocycles. The molecule has 0 fully saturated rings. The van der Waals surface area contributed by atoms with Gasteiger partial charge in [0.1, 0.15) is 29.5 Å². The number of amides is 1. The number of nitrogens with two attached hydrogens (primary N) is 1. The predicted molar refractivity (Wildman–Crippen MR) is 115 cm³/mol. The number of nitrogens with one attached hydrogen (secondary N) is 1. The maximum atomic E-state index is 12.6. The Balaban J connectivity index is 1.57. The number of pyridine rings is 1. The Hall–Kier alpha value is -3.78. The summed E-state index contributed by atoms with van der Waals surface area (Å²) < 4.78 is 17.0. The monoisotopic (exact) mass is 436 g/mol. The molecule has 156 valence electrons. The first-order chi connectivity index (χ1) is 15.0. The average Bonchev–Trinajstić information content (AvgIpc) is 3.16. The summed E-state index contributed by atoms with van der Waals surface area (Å²) in [7, 11) is 1.59. The number of aliphatic imine (C=N–C) groups is 1. The number of carbonyl (C=O) groups is 1. The second-order valence-corrected chi connectivity index (χ2v) is 7.52. The first-order valence-electron chi connectivity index (χ1n) is 9.40. The smallest absolute Gasteiger partial charge is 0.283 e. The number of hydrogen-bond donors (Lipinski definition) is 2. The van der Waals surface area contributed by atoms with Crippen LogP contribution >= 0.6 is 11.6 Å². The molecule has 0 bridgehead atoms. The first kappa shape index (κ1) is 19.2. The van der Waals surface area contributed by atoms with Crippen LogP contribution in [0.15, 0.2) is 59.7 Å². The molecule has 0 unspecified atom stereocenters. The van der Waals surface area contributed by atoms with Crippen LogP contribution < -0.4 is 20.5 Å². The molecule has 2 aliphatic heterocycles. The van der Waals surface area contributed by atoms with Crippen molar-refractivity contribution in [2.24, 2.45) is 10.7 Å². The van der Waals surface area contributed by atoms with Crippen molar-refractivity contribution in [3.8, 4) is 17.2 Å². The SMILES string of the molecule is COc1ccc2c(c1)[C@]1(COC(N)=N1)c1cc(NC(=O)c3cc(Cl)ccn3)ccc1O2. The number of fused-ring (bicyclic) bond motifs is 4. The summed E-state index contributed by atoms with van der Waals surface area (Å²) in [5.74, 6) is 1.50. The van der Waals surface area contributed by atoms with E-state index in [4.69, 9.17) is 31.5 Å². The quantitative estimate of drug-likeness (QED) is 0.648. The van der Waals surface area contributed by atoms with Crippen LogP contribution in [0.4, 0.5) is 5.69 Å². The summed E-state index contributed by atoms with van der Waals surface area (Å²) in [6.07, 6.45) is 1.48. The van der Waals surface area contributed by atoms with Gasteiger partial charge in [-0.05, 0) is 48.5 Å². The lowest BCUT2D eigenvalue weighted by Gasteiger charge is -2.33. The molecule has 9 heteroatoms. The van der Waals surface area contributed by atoms with Crippen LogP contribution in [0, 0.1) is 0 Å². The van der Waals surface area contributed by atoms with Gasteiger partial charge < -0.3 is 25.3 Å². The third-order valence-electron chi connectivity index (χ3n) is 5.22. The summed E-state index contributed by atoms with van der Waals surface area (Å²) in [5.41, 5.74) is 7.20. The number of benzene rings is 2. The molecule has 0 saturated heterocycles. The third-order valence-corrected chi connectivity index (χ3v) is 5.45. The van der Waals surface area contributed by atoms with Crippen LogP contribution in [0.1, 0.15) is 21.6 Å². The fourth-order valence-corrected chi connectivity index (χ4v) is 3.92. The number of ether oxygens (including phenoxy) is 3. The summed E-state index contributed by atoms with van der Waals surface area (Å²) in [4.78, 5) is 21.3. The minimum atomic E-state index is -0.920. The van der Waals surface area contributed by atoms with Gasteiger partial charge >= 0.3 is 0 Å². The Morgan fingerprint density at radius 2 is 1.94 bits per heavy atom. The Morgan fingerprint density at radius 1 is 1.16 bits per heavy atom. The highest BCUT2D eigenvalue weighted by atomic mass is 35.5. The third kappa shape index (κ3) is 3.21. The number of anilines is 1. The first-order valence-corrected chi connectivity index (χ1v) is 9.78. The van der Waals surface area contributed by atoms with E-state index in [1.165, 1.54) is 12.3 Å². The highest BCUT2D eigenvalue weighted by molar-refractivity contribution is 6.30. The average molecular weight is 437 g/mol. The van der Waals surface area contributed by atoms with Gasteiger partial charge in [-0.3, -0.25) is 9.78 Å². The molecule has 1 aromatic heterocycles. The summed E-state index contributed by atoms with van der Waals surface area (Å²) >= 11 is 5.97. The highest BCUT2D eigenvalue weighted by Crippen LogP contribution is 2.52. The lowest BCUT2D eigenvalue weighted by atomic mass is 9.81. The van der Waals surface area contributed by atoms with Crippen molar-refractivity contribution in [1.29, 1.82) is 0 Å². The van der Waals surface area contributed by atoms with E-state index in [0.717, 1.165) is 5.56 Å². The molecule has 5 rings (SSSR count). The molecule has 0 saturated carbocycles. The van der Waals surface area contributed by atoms with Crippen LogP contribution in [0.5, 0.6) is 17.2 Å². The van der Waals surface area contributed by atoms with Gasteiger partial charge in [-0.15, -0.1) is 0 Å². The van der Waals surface area contributed by atoms with E-state index in [1.54, 1.807) is 31.4 Å². The van der Waals surface area contributed by atoms with Crippen molar-refractivity contribution in [2.45, 2.75) is 5.54 Å². The second kappa shape index (κ2) is 7.17. The Morgan fingerprint density at radius 3 is 2.65 bits per heavy atom. The van der Waals surface area contributed by atoms with Crippen molar-refractivity contribution in [1.82, 2.24) is 4.98 Å². The second-order valence-electron chi connectivity index (χ2n) is 7.09. The minimum absolute atomic E-state index is 0.0826. The van der Waals surface area contributed by atoms with Crippen molar-refractivity contribution < 1.29 is 19.0 Å². The molecule has 3 aromatic rings. The lowest BCUT2D eigenvalue weighted by molar-refractivity contribution is 0.102. The number of hydrogen-bond acceptors (Lipinski definition) is 7. The zero-order chi connectivity index (χ0) is 21.6. The Labute approximate surface area is 182 Å². The lowest BCUT2D eigenvalue weighted by Crippen LogP contribution is -2.31. The molecule has 0 aliphatic carbocycles. The molecule has 8 nitrogen and oxygen atoms in total. The van der Waals surface area contributed by atoms with E-state index in [1.807, 2.05) is 18.2 Å². The normalized spacial score (nSPS) is 18.3. The fraction of sp³-hybridized carbons (Fsp3) is 0.136. The van der Waals surface area contributed by atoms with Gasteiger partial charge in [-0.2, -0.15) is 0 Å². The van der Waals surface area contributed by atoms with Gasteiger partial charge in [-0.25, -0.2) is 4.99 Å². The van der Waals surface area contributed by atoms with Gasteiger partial charge in [-0.1, -0.05) is 11.6 Å². The molecule has 31 heavy (non-hydrogen) atoms. The van der Waals surface area contributed by atoms with Gasteiger partial charge in [0.2, 0.25) is 0 Å². The molecule has 3 N–H and O–H groups in total. The zero-order valence-corrected chi connectivity index (χ0v) is 17.1. The molecule has 0 radical (unpaired) electrons. The largest absolute Gasteiger partial charge is 0.497 e. The van der Waals surface area contributed by atoms with Gasteiger partial charge in [0.05, 0.1) is 7.11 Å². The number of aromatic nitrogens is 1. The van der Waals surface area contributed by atoms with Crippen molar-refractivity contribution in [3.63, 3.8) is 0 Å². The maximum Gasteiger partial charge on any atom is 0.283 e. The van der Waals surface area contributed by atoms with E-state index >= 15 is 0 Å². The van der Waals surface area contributed by atoms with Crippen LogP contribution in [0.25, 0.3) is 0 Å². The number of amidine groups is 1. The standard InChI is InChI=1S/C22H17ClN4O4/c1-29-14-3-5-19-16(10-14)22(11-30-21(24)27-22)15-9-13(2-4-18(15)31-19)26-20(28)17-8-12(23)6-7-25-17/h2-10H,11H2,1H3,(H2,24,27)(H,26,28)/t22-/m0/s1. The molecular formula is C22H17ClN4O4. The van der Waals surface area contributed by atoms with Crippen LogP contribution in [0.3, 0.4) is 0 Å². The van der Waals surface area contributed by atoms with Gasteiger partial charge in [0.15, 0.2) is 5.54 Å². The number of methoxy groups -OCH3 is 1. The number of carbonyl (C=O) groups excluding carboxylic acids is 1.